The lowest BCUT2D eigenvalue weighted by Crippen LogP contribution is -2.60. The molecule has 2 aromatic rings. The fraction of sp³-hybridized carbons (Fsp3) is 0.400. The predicted molar refractivity (Wildman–Crippen MR) is 99.7 cm³/mol. The molecule has 158 valence electrons. The number of hydrogen-bond acceptors (Lipinski definition) is 9. The Kier molecular flexibility index (Phi) is 6.46. The summed E-state index contributed by atoms with van der Waals surface area (Å²) in [6.45, 7) is -0.574. The van der Waals surface area contributed by atoms with Gasteiger partial charge in [0, 0.05) is 6.07 Å². The van der Waals surface area contributed by atoms with Crippen LogP contribution in [0.2, 0.25) is 0 Å². The van der Waals surface area contributed by atoms with Gasteiger partial charge in [-0.2, -0.15) is 0 Å². The van der Waals surface area contributed by atoms with Crippen molar-refractivity contribution in [2.45, 2.75) is 43.5 Å². The number of rotatable bonds is 6. The smallest absolute Gasteiger partial charge is 0.229 e. The monoisotopic (exact) mass is 408 g/mol. The van der Waals surface area contributed by atoms with Crippen molar-refractivity contribution < 1.29 is 45.2 Å². The molecule has 9 nitrogen and oxygen atoms in total. The highest BCUT2D eigenvalue weighted by Crippen LogP contribution is 2.29. The Balaban J connectivity index is 1.70. The first-order valence-electron chi connectivity index (χ1n) is 9.09. The number of ether oxygens (including phenoxy) is 2. The lowest BCUT2D eigenvalue weighted by molar-refractivity contribution is -0.277. The lowest BCUT2D eigenvalue weighted by atomic mass is 9.99. The van der Waals surface area contributed by atoms with E-state index in [1.54, 1.807) is 12.1 Å². The van der Waals surface area contributed by atoms with Crippen LogP contribution in [0.15, 0.2) is 36.4 Å². The second-order valence-electron chi connectivity index (χ2n) is 6.97. The SMILES string of the molecule is OC[C@@H]1O[C@@H](Oc2cc(O)cc(CCc3ccc(O)c(O)c3)c2)[C@H](O)[C@H](O)[C@@H]1O. The number of phenols is 3. The maximum Gasteiger partial charge on any atom is 0.229 e. The molecule has 9 heteroatoms. The second kappa shape index (κ2) is 8.85. The van der Waals surface area contributed by atoms with Crippen LogP contribution in [-0.4, -0.2) is 73.1 Å². The highest BCUT2D eigenvalue weighted by Gasteiger charge is 2.44. The molecular weight excluding hydrogens is 384 g/mol. The summed E-state index contributed by atoms with van der Waals surface area (Å²) in [5.41, 5.74) is 1.47. The molecule has 1 aliphatic heterocycles. The molecule has 0 aliphatic carbocycles. The molecule has 1 fully saturated rings. The van der Waals surface area contributed by atoms with E-state index in [0.29, 0.717) is 18.4 Å². The van der Waals surface area contributed by atoms with Gasteiger partial charge in [-0.05, 0) is 48.2 Å². The van der Waals surface area contributed by atoms with Crippen LogP contribution in [0.4, 0.5) is 0 Å². The average molecular weight is 408 g/mol. The van der Waals surface area contributed by atoms with E-state index in [2.05, 4.69) is 0 Å². The van der Waals surface area contributed by atoms with Gasteiger partial charge in [-0.1, -0.05) is 6.07 Å². The van der Waals surface area contributed by atoms with Gasteiger partial charge < -0.3 is 45.2 Å². The Labute approximate surface area is 166 Å². The molecule has 0 radical (unpaired) electrons. The molecule has 2 aromatic carbocycles. The van der Waals surface area contributed by atoms with Gasteiger partial charge in [0.25, 0.3) is 0 Å². The summed E-state index contributed by atoms with van der Waals surface area (Å²) in [4.78, 5) is 0. The fourth-order valence-electron chi connectivity index (χ4n) is 3.17. The van der Waals surface area contributed by atoms with Gasteiger partial charge in [0.05, 0.1) is 6.61 Å². The van der Waals surface area contributed by atoms with Crippen LogP contribution in [-0.2, 0) is 17.6 Å². The topological polar surface area (TPSA) is 160 Å². The van der Waals surface area contributed by atoms with E-state index in [0.717, 1.165) is 5.56 Å². The molecule has 0 saturated carbocycles. The summed E-state index contributed by atoms with van der Waals surface area (Å²) < 4.78 is 10.8. The van der Waals surface area contributed by atoms with Crippen LogP contribution in [0.5, 0.6) is 23.0 Å². The molecule has 0 spiro atoms. The Morgan fingerprint density at radius 1 is 0.793 bits per heavy atom. The molecule has 0 unspecified atom stereocenters. The fourth-order valence-corrected chi connectivity index (χ4v) is 3.17. The van der Waals surface area contributed by atoms with E-state index in [1.807, 2.05) is 0 Å². The van der Waals surface area contributed by atoms with Crippen LogP contribution < -0.4 is 4.74 Å². The Morgan fingerprint density at radius 3 is 2.21 bits per heavy atom. The number of hydrogen-bond donors (Lipinski definition) is 7. The van der Waals surface area contributed by atoms with Gasteiger partial charge in [-0.15, -0.1) is 0 Å². The summed E-state index contributed by atoms with van der Waals surface area (Å²) in [6, 6.07) is 8.95. The van der Waals surface area contributed by atoms with Crippen LogP contribution in [0.25, 0.3) is 0 Å². The Hall–Kier alpha value is -2.56. The van der Waals surface area contributed by atoms with Gasteiger partial charge in [0.1, 0.15) is 35.9 Å². The largest absolute Gasteiger partial charge is 0.508 e. The van der Waals surface area contributed by atoms with Crippen LogP contribution in [0.3, 0.4) is 0 Å². The minimum atomic E-state index is -1.56. The summed E-state index contributed by atoms with van der Waals surface area (Å²) in [6.07, 6.45) is -6.08. The Bertz CT molecular complexity index is 839. The minimum absolute atomic E-state index is 0.0874. The molecule has 3 rings (SSSR count). The van der Waals surface area contributed by atoms with E-state index >= 15 is 0 Å². The zero-order valence-electron chi connectivity index (χ0n) is 15.4. The Morgan fingerprint density at radius 2 is 1.52 bits per heavy atom. The zero-order valence-corrected chi connectivity index (χ0v) is 15.4. The van der Waals surface area contributed by atoms with E-state index in [4.69, 9.17) is 9.47 Å². The van der Waals surface area contributed by atoms with Crippen LogP contribution in [0, 0.1) is 0 Å². The minimum Gasteiger partial charge on any atom is -0.508 e. The van der Waals surface area contributed by atoms with E-state index in [-0.39, 0.29) is 23.0 Å². The number of benzene rings is 2. The standard InChI is InChI=1S/C20H24O9/c21-9-16-17(25)18(26)19(27)20(29-16)28-13-6-11(5-12(22)8-13)2-1-10-3-4-14(23)15(24)7-10/h3-8,16-27H,1-2,9H2/t16-,17+,18+,19+,20+/m0/s1. The first kappa shape index (κ1) is 21.2. The van der Waals surface area contributed by atoms with Crippen molar-refractivity contribution in [3.8, 4) is 23.0 Å². The van der Waals surface area contributed by atoms with Crippen molar-refractivity contribution in [3.05, 3.63) is 47.5 Å². The first-order valence-corrected chi connectivity index (χ1v) is 9.09. The van der Waals surface area contributed by atoms with Crippen molar-refractivity contribution >= 4 is 0 Å². The van der Waals surface area contributed by atoms with Gasteiger partial charge in [0.2, 0.25) is 6.29 Å². The third kappa shape index (κ3) is 4.89. The molecule has 1 saturated heterocycles. The highest BCUT2D eigenvalue weighted by atomic mass is 16.7. The lowest BCUT2D eigenvalue weighted by Gasteiger charge is -2.39. The van der Waals surface area contributed by atoms with Gasteiger partial charge >= 0.3 is 0 Å². The highest BCUT2D eigenvalue weighted by molar-refractivity contribution is 5.41. The van der Waals surface area contributed by atoms with Crippen molar-refractivity contribution in [1.82, 2.24) is 0 Å². The third-order valence-electron chi connectivity index (χ3n) is 4.79. The van der Waals surface area contributed by atoms with Crippen molar-refractivity contribution in [2.24, 2.45) is 0 Å². The third-order valence-corrected chi connectivity index (χ3v) is 4.79. The maximum absolute atomic E-state index is 10.1. The number of aliphatic hydroxyl groups is 4. The molecule has 7 N–H and O–H groups in total. The molecule has 0 bridgehead atoms. The zero-order chi connectivity index (χ0) is 21.1. The van der Waals surface area contributed by atoms with Crippen molar-refractivity contribution in [2.75, 3.05) is 6.61 Å². The molecule has 0 aromatic heterocycles. The average Bonchev–Trinajstić information content (AvgIpc) is 2.69. The van der Waals surface area contributed by atoms with Crippen LogP contribution in [0.1, 0.15) is 11.1 Å². The van der Waals surface area contributed by atoms with Gasteiger partial charge in [-0.25, -0.2) is 0 Å². The second-order valence-corrected chi connectivity index (χ2v) is 6.97. The van der Waals surface area contributed by atoms with E-state index in [1.165, 1.54) is 24.3 Å². The number of aliphatic hydroxyl groups excluding tert-OH is 4. The van der Waals surface area contributed by atoms with E-state index in [9.17, 15) is 35.7 Å². The van der Waals surface area contributed by atoms with Crippen molar-refractivity contribution in [3.63, 3.8) is 0 Å². The first-order chi connectivity index (χ1) is 13.8. The molecule has 29 heavy (non-hydrogen) atoms. The quantitative estimate of drug-likeness (QED) is 0.320. The summed E-state index contributed by atoms with van der Waals surface area (Å²) in [5, 5.41) is 67.9. The molecule has 0 amide bonds. The maximum atomic E-state index is 10.1. The van der Waals surface area contributed by atoms with Crippen LogP contribution >= 0.6 is 0 Å². The van der Waals surface area contributed by atoms with Gasteiger partial charge in [0.15, 0.2) is 11.5 Å². The molecule has 1 heterocycles. The predicted octanol–water partition coefficient (Wildman–Crippen LogP) is -0.233. The summed E-state index contributed by atoms with van der Waals surface area (Å²) >= 11 is 0. The van der Waals surface area contributed by atoms with Crippen molar-refractivity contribution in [1.29, 1.82) is 0 Å². The number of phenolic OH excluding ortho intramolecular Hbond substituents is 3. The van der Waals surface area contributed by atoms with E-state index < -0.39 is 37.3 Å². The summed E-state index contributed by atoms with van der Waals surface area (Å²) in [5.74, 6) is -0.347. The molecule has 1 aliphatic rings. The molecule has 5 atom stereocenters. The number of aryl methyl sites for hydroxylation is 2. The molecular formula is C20H24O9. The normalized spacial score (nSPS) is 27.0. The van der Waals surface area contributed by atoms with Gasteiger partial charge in [-0.3, -0.25) is 0 Å². The number of aromatic hydroxyl groups is 3. The summed E-state index contributed by atoms with van der Waals surface area (Å²) in [7, 11) is 0.